The number of aliphatic hydroxyl groups is 4. The van der Waals surface area contributed by atoms with Gasteiger partial charge in [0, 0.05) is 66.0 Å². The first kappa shape index (κ1) is 35.2. The molecule has 0 unspecified atom stereocenters. The normalized spacial score (nSPS) is 14.8. The molecular weight excluding hydrogens is 400 g/mol. The summed E-state index contributed by atoms with van der Waals surface area (Å²) in [7, 11) is 3.69. The van der Waals surface area contributed by atoms with Crippen LogP contribution in [-0.2, 0) is 26.5 Å². The van der Waals surface area contributed by atoms with Gasteiger partial charge in [-0.3, -0.25) is 4.90 Å². The van der Waals surface area contributed by atoms with E-state index in [-0.39, 0.29) is 46.1 Å². The minimum atomic E-state index is -0.775. The van der Waals surface area contributed by atoms with E-state index < -0.39 is 5.72 Å². The second-order valence-corrected chi connectivity index (χ2v) is 7.34. The largest absolute Gasteiger partial charge is 0.450 e. The summed E-state index contributed by atoms with van der Waals surface area (Å²) in [6.45, 7) is 13.6. The van der Waals surface area contributed by atoms with Crippen LogP contribution in [-0.4, -0.2) is 94.1 Å². The molecule has 0 saturated carbocycles. The van der Waals surface area contributed by atoms with Gasteiger partial charge in [0.15, 0.2) is 0 Å². The zero-order valence-electron chi connectivity index (χ0n) is 19.3. The number of carbonyl (C=O) groups excluding carboxylic acids is 1. The van der Waals surface area contributed by atoms with Crippen LogP contribution in [0.3, 0.4) is 0 Å². The third kappa shape index (κ3) is 25.8. The summed E-state index contributed by atoms with van der Waals surface area (Å²) in [6.07, 6.45) is 0.357. The molecule has 0 atom stereocenters. The number of rotatable bonds is 2. The number of amides is 1. The number of hydrogen-bond acceptors (Lipinski definition) is 7. The molecule has 1 saturated heterocycles. The summed E-state index contributed by atoms with van der Waals surface area (Å²) in [6, 6.07) is 0. The van der Waals surface area contributed by atoms with E-state index in [2.05, 4.69) is 0 Å². The van der Waals surface area contributed by atoms with Crippen LogP contribution in [0.15, 0.2) is 0 Å². The van der Waals surface area contributed by atoms with Crippen molar-refractivity contribution in [2.24, 2.45) is 0 Å². The molecule has 1 rings (SSSR count). The fourth-order valence-corrected chi connectivity index (χ4v) is 1.71. The molecule has 1 amide bonds. The van der Waals surface area contributed by atoms with Crippen molar-refractivity contribution in [3.8, 4) is 0 Å². The van der Waals surface area contributed by atoms with Gasteiger partial charge in [0.25, 0.3) is 0 Å². The Bertz CT molecular complexity index is 325. The van der Waals surface area contributed by atoms with Crippen LogP contribution in [0.1, 0.15) is 61.3 Å². The molecule has 0 aromatic rings. The summed E-state index contributed by atoms with van der Waals surface area (Å²) >= 11 is 0. The van der Waals surface area contributed by atoms with Crippen molar-refractivity contribution in [2.75, 3.05) is 33.8 Å². The Hall–Kier alpha value is -0.216. The molecule has 0 aromatic carbocycles. The van der Waals surface area contributed by atoms with E-state index in [1.165, 1.54) is 0 Å². The number of hydrogen-bond donors (Lipinski definition) is 4. The van der Waals surface area contributed by atoms with E-state index in [0.29, 0.717) is 32.5 Å². The summed E-state index contributed by atoms with van der Waals surface area (Å²) in [5.41, 5.74) is -0.775. The monoisotopic (exact) mass is 444 g/mol. The van der Waals surface area contributed by atoms with E-state index in [0.717, 1.165) is 0 Å². The molecule has 170 valence electrons. The van der Waals surface area contributed by atoms with Crippen molar-refractivity contribution in [1.29, 1.82) is 0 Å². The molecule has 8 nitrogen and oxygen atoms in total. The fraction of sp³-hybridized carbons (Fsp3) is 0.947. The van der Waals surface area contributed by atoms with Gasteiger partial charge in [0.2, 0.25) is 0 Å². The Balaban J connectivity index is -0.000000183. The van der Waals surface area contributed by atoms with Crippen molar-refractivity contribution in [3.63, 3.8) is 0 Å². The molecular formula is C19H44N2O6Ti. The van der Waals surface area contributed by atoms with Crippen LogP contribution in [0.4, 0.5) is 4.79 Å². The number of ether oxygens (including phenoxy) is 1. The van der Waals surface area contributed by atoms with Gasteiger partial charge in [0.05, 0.1) is 6.61 Å². The predicted octanol–water partition coefficient (Wildman–Crippen LogP) is 1.65. The van der Waals surface area contributed by atoms with Crippen molar-refractivity contribution in [2.45, 2.75) is 85.3 Å². The first-order valence-corrected chi connectivity index (χ1v) is 9.55. The second kappa shape index (κ2) is 20.1. The first-order valence-electron chi connectivity index (χ1n) is 9.55. The van der Waals surface area contributed by atoms with Crippen LogP contribution >= 0.6 is 0 Å². The number of nitrogens with zero attached hydrogens (tertiary/aromatic N) is 2. The maximum Gasteiger partial charge on any atom is 0.409 e. The average molecular weight is 444 g/mol. The molecule has 0 spiro atoms. The van der Waals surface area contributed by atoms with Gasteiger partial charge in [-0.15, -0.1) is 0 Å². The number of likely N-dealkylation sites (tertiary alicyclic amines) is 1. The number of piperidine rings is 1. The second-order valence-electron chi connectivity index (χ2n) is 7.34. The molecule has 1 heterocycles. The van der Waals surface area contributed by atoms with Crippen molar-refractivity contribution < 1.29 is 51.7 Å². The van der Waals surface area contributed by atoms with Gasteiger partial charge in [-0.2, -0.15) is 0 Å². The standard InChI is InChI=1S/C10H20N2O3.3C3H8O.Ti/c1-4-15-9(13)12-7-5-10(14,6-8-12)11(2)3;3*1-3(2)4;/h14H,4-8H2,1-3H3;3*3-4H,1-2H3;. The minimum absolute atomic E-state index is 0. The van der Waals surface area contributed by atoms with Gasteiger partial charge in [0.1, 0.15) is 5.72 Å². The number of aliphatic hydroxyl groups excluding tert-OH is 3. The van der Waals surface area contributed by atoms with Gasteiger partial charge < -0.3 is 30.1 Å². The topological polar surface area (TPSA) is 114 Å². The third-order valence-electron chi connectivity index (χ3n) is 2.92. The van der Waals surface area contributed by atoms with Gasteiger partial charge in [-0.05, 0) is 62.6 Å². The van der Waals surface area contributed by atoms with Gasteiger partial charge in [-0.25, -0.2) is 4.79 Å². The molecule has 0 bridgehead atoms. The number of carbonyl (C=O) groups is 1. The van der Waals surface area contributed by atoms with Crippen molar-refractivity contribution in [3.05, 3.63) is 0 Å². The van der Waals surface area contributed by atoms with Gasteiger partial charge in [-0.1, -0.05) is 0 Å². The van der Waals surface area contributed by atoms with Crippen LogP contribution in [0.5, 0.6) is 0 Å². The Morgan fingerprint density at radius 2 is 1.25 bits per heavy atom. The zero-order chi connectivity index (χ0) is 22.2. The molecule has 9 heteroatoms. The van der Waals surface area contributed by atoms with Crippen LogP contribution in [0.2, 0.25) is 0 Å². The Morgan fingerprint density at radius 3 is 1.46 bits per heavy atom. The minimum Gasteiger partial charge on any atom is -0.450 e. The molecule has 0 aromatic heterocycles. The first-order chi connectivity index (χ1) is 12.2. The molecule has 1 fully saturated rings. The van der Waals surface area contributed by atoms with E-state index in [9.17, 15) is 9.90 Å². The maximum absolute atomic E-state index is 11.4. The van der Waals surface area contributed by atoms with E-state index >= 15 is 0 Å². The van der Waals surface area contributed by atoms with E-state index in [4.69, 9.17) is 20.1 Å². The summed E-state index contributed by atoms with van der Waals surface area (Å²) < 4.78 is 4.90. The van der Waals surface area contributed by atoms with E-state index in [1.54, 1.807) is 58.3 Å². The summed E-state index contributed by atoms with van der Waals surface area (Å²) in [5, 5.41) is 34.3. The van der Waals surface area contributed by atoms with Crippen LogP contribution < -0.4 is 0 Å². The fourth-order valence-electron chi connectivity index (χ4n) is 1.71. The van der Waals surface area contributed by atoms with Crippen LogP contribution in [0.25, 0.3) is 0 Å². The van der Waals surface area contributed by atoms with Gasteiger partial charge >= 0.3 is 6.09 Å². The van der Waals surface area contributed by atoms with Crippen LogP contribution in [0, 0.1) is 0 Å². The van der Waals surface area contributed by atoms with E-state index in [1.807, 2.05) is 14.1 Å². The quantitative estimate of drug-likeness (QED) is 0.378. The Kier molecular flexibility index (Phi) is 25.3. The maximum atomic E-state index is 11.4. The summed E-state index contributed by atoms with van der Waals surface area (Å²) in [5.74, 6) is 0. The molecule has 4 N–H and O–H groups in total. The van der Waals surface area contributed by atoms with Crippen molar-refractivity contribution in [1.82, 2.24) is 9.80 Å². The zero-order valence-corrected chi connectivity index (χ0v) is 20.8. The smallest absolute Gasteiger partial charge is 0.409 e. The third-order valence-corrected chi connectivity index (χ3v) is 2.92. The SMILES string of the molecule is CC(C)O.CC(C)O.CC(C)O.CCOC(=O)N1CCC(O)(N(C)C)CC1.[Ti]. The Labute approximate surface area is 186 Å². The molecule has 0 radical (unpaired) electrons. The molecule has 1 aliphatic rings. The molecule has 1 aliphatic heterocycles. The van der Waals surface area contributed by atoms with Crippen molar-refractivity contribution >= 4 is 6.09 Å². The molecule has 28 heavy (non-hydrogen) atoms. The molecule has 0 aliphatic carbocycles. The predicted molar refractivity (Wildman–Crippen MR) is 109 cm³/mol. The average Bonchev–Trinajstić information content (AvgIpc) is 2.46. The Morgan fingerprint density at radius 1 is 0.964 bits per heavy atom. The summed E-state index contributed by atoms with van der Waals surface area (Å²) in [4.78, 5) is 14.8.